The summed E-state index contributed by atoms with van der Waals surface area (Å²) in [6.07, 6.45) is 9.32. The Kier molecular flexibility index (Phi) is 4.20. The van der Waals surface area contributed by atoms with Gasteiger partial charge >= 0.3 is 0 Å². The van der Waals surface area contributed by atoms with Crippen molar-refractivity contribution in [3.8, 4) is 0 Å². The SMILES string of the molecule is CCc1nc(C(C)=O)cn1C1CCCCC1CC. The molecule has 2 rings (SSSR count). The van der Waals surface area contributed by atoms with Gasteiger partial charge in [0.05, 0.1) is 0 Å². The van der Waals surface area contributed by atoms with Crippen LogP contribution in [0.2, 0.25) is 0 Å². The van der Waals surface area contributed by atoms with Crippen molar-refractivity contribution in [2.45, 2.75) is 65.3 Å². The van der Waals surface area contributed by atoms with Gasteiger partial charge in [0, 0.05) is 25.6 Å². The van der Waals surface area contributed by atoms with Crippen molar-refractivity contribution in [1.29, 1.82) is 0 Å². The molecule has 2 unspecified atom stereocenters. The lowest BCUT2D eigenvalue weighted by Gasteiger charge is -2.32. The number of rotatable bonds is 4. The van der Waals surface area contributed by atoms with Crippen LogP contribution in [-0.4, -0.2) is 15.3 Å². The first-order valence-corrected chi connectivity index (χ1v) is 7.26. The van der Waals surface area contributed by atoms with E-state index in [4.69, 9.17) is 0 Å². The van der Waals surface area contributed by atoms with E-state index in [9.17, 15) is 4.79 Å². The second-order valence-electron chi connectivity index (χ2n) is 5.38. The molecule has 1 heterocycles. The van der Waals surface area contributed by atoms with Crippen molar-refractivity contribution < 1.29 is 4.79 Å². The lowest BCUT2D eigenvalue weighted by atomic mass is 9.82. The van der Waals surface area contributed by atoms with Crippen molar-refractivity contribution in [3.63, 3.8) is 0 Å². The van der Waals surface area contributed by atoms with Crippen LogP contribution in [0.3, 0.4) is 0 Å². The molecule has 2 atom stereocenters. The van der Waals surface area contributed by atoms with Crippen LogP contribution in [0.5, 0.6) is 0 Å². The Hall–Kier alpha value is -1.12. The molecule has 0 aliphatic heterocycles. The van der Waals surface area contributed by atoms with Crippen LogP contribution in [0, 0.1) is 5.92 Å². The first-order chi connectivity index (χ1) is 8.67. The van der Waals surface area contributed by atoms with E-state index < -0.39 is 0 Å². The van der Waals surface area contributed by atoms with Crippen LogP contribution in [0.4, 0.5) is 0 Å². The zero-order chi connectivity index (χ0) is 13.1. The minimum atomic E-state index is 0.0762. The van der Waals surface area contributed by atoms with E-state index in [1.54, 1.807) is 6.92 Å². The van der Waals surface area contributed by atoms with Gasteiger partial charge in [0.1, 0.15) is 11.5 Å². The molecule has 0 N–H and O–H groups in total. The predicted octanol–water partition coefficient (Wildman–Crippen LogP) is 3.79. The molecule has 0 saturated heterocycles. The number of hydrogen-bond donors (Lipinski definition) is 0. The maximum Gasteiger partial charge on any atom is 0.179 e. The second kappa shape index (κ2) is 5.68. The van der Waals surface area contributed by atoms with Crippen molar-refractivity contribution in [2.24, 2.45) is 5.92 Å². The number of imidazole rings is 1. The molecule has 1 fully saturated rings. The molecule has 1 aromatic heterocycles. The monoisotopic (exact) mass is 248 g/mol. The van der Waals surface area contributed by atoms with Crippen molar-refractivity contribution >= 4 is 5.78 Å². The summed E-state index contributed by atoms with van der Waals surface area (Å²) in [7, 11) is 0. The summed E-state index contributed by atoms with van der Waals surface area (Å²) < 4.78 is 2.30. The molecule has 1 aromatic rings. The number of carbonyl (C=O) groups is 1. The van der Waals surface area contributed by atoms with Crippen LogP contribution in [0.1, 0.15) is 75.2 Å². The van der Waals surface area contributed by atoms with Crippen LogP contribution in [0.25, 0.3) is 0 Å². The van der Waals surface area contributed by atoms with Crippen molar-refractivity contribution in [1.82, 2.24) is 9.55 Å². The zero-order valence-corrected chi connectivity index (χ0v) is 11.8. The molecule has 0 radical (unpaired) electrons. The number of hydrogen-bond acceptors (Lipinski definition) is 2. The summed E-state index contributed by atoms with van der Waals surface area (Å²) in [4.78, 5) is 16.0. The van der Waals surface area contributed by atoms with Crippen LogP contribution >= 0.6 is 0 Å². The van der Waals surface area contributed by atoms with Crippen molar-refractivity contribution in [2.75, 3.05) is 0 Å². The molecule has 3 nitrogen and oxygen atoms in total. The van der Waals surface area contributed by atoms with E-state index in [1.165, 1.54) is 32.1 Å². The highest BCUT2D eigenvalue weighted by Crippen LogP contribution is 2.36. The molecule has 0 bridgehead atoms. The first-order valence-electron chi connectivity index (χ1n) is 7.26. The number of ketones is 1. The zero-order valence-electron chi connectivity index (χ0n) is 11.8. The maximum atomic E-state index is 11.5. The lowest BCUT2D eigenvalue weighted by molar-refractivity contribution is 0.101. The number of nitrogens with zero attached hydrogens (tertiary/aromatic N) is 2. The molecule has 0 amide bonds. The Balaban J connectivity index is 2.32. The molecular weight excluding hydrogens is 224 g/mol. The Morgan fingerprint density at radius 1 is 1.39 bits per heavy atom. The molecule has 1 saturated carbocycles. The van der Waals surface area contributed by atoms with E-state index in [0.29, 0.717) is 11.7 Å². The van der Waals surface area contributed by atoms with Gasteiger partial charge in [-0.2, -0.15) is 0 Å². The Bertz CT molecular complexity index is 422. The fraction of sp³-hybridized carbons (Fsp3) is 0.733. The fourth-order valence-electron chi connectivity index (χ4n) is 3.18. The average molecular weight is 248 g/mol. The summed E-state index contributed by atoms with van der Waals surface area (Å²) in [6, 6.07) is 0.555. The summed E-state index contributed by atoms with van der Waals surface area (Å²) in [6.45, 7) is 5.99. The van der Waals surface area contributed by atoms with Crippen molar-refractivity contribution in [3.05, 3.63) is 17.7 Å². The topological polar surface area (TPSA) is 34.9 Å². The van der Waals surface area contributed by atoms with Crippen LogP contribution < -0.4 is 0 Å². The van der Waals surface area contributed by atoms with Gasteiger partial charge in [0.25, 0.3) is 0 Å². The Morgan fingerprint density at radius 2 is 2.11 bits per heavy atom. The van der Waals surface area contributed by atoms with E-state index >= 15 is 0 Å². The molecule has 3 heteroatoms. The molecule has 0 spiro atoms. The highest BCUT2D eigenvalue weighted by molar-refractivity contribution is 5.91. The van der Waals surface area contributed by atoms with Gasteiger partial charge in [-0.1, -0.05) is 33.1 Å². The third-order valence-corrected chi connectivity index (χ3v) is 4.24. The average Bonchev–Trinajstić information content (AvgIpc) is 2.82. The highest BCUT2D eigenvalue weighted by atomic mass is 16.1. The molecular formula is C15H24N2O. The lowest BCUT2D eigenvalue weighted by Crippen LogP contribution is -2.23. The summed E-state index contributed by atoms with van der Waals surface area (Å²) in [5.41, 5.74) is 0.632. The van der Waals surface area contributed by atoms with Gasteiger partial charge in [0.2, 0.25) is 0 Å². The third kappa shape index (κ3) is 2.50. The molecule has 0 aromatic carbocycles. The summed E-state index contributed by atoms with van der Waals surface area (Å²) in [5, 5.41) is 0. The smallest absolute Gasteiger partial charge is 0.179 e. The third-order valence-electron chi connectivity index (χ3n) is 4.24. The summed E-state index contributed by atoms with van der Waals surface area (Å²) in [5.74, 6) is 1.90. The van der Waals surface area contributed by atoms with Gasteiger partial charge in [0.15, 0.2) is 5.78 Å². The van der Waals surface area contributed by atoms with Gasteiger partial charge in [-0.05, 0) is 18.8 Å². The summed E-state index contributed by atoms with van der Waals surface area (Å²) >= 11 is 0. The quantitative estimate of drug-likeness (QED) is 0.760. The molecule has 100 valence electrons. The van der Waals surface area contributed by atoms with E-state index in [2.05, 4.69) is 23.4 Å². The maximum absolute atomic E-state index is 11.5. The molecule has 1 aliphatic rings. The van der Waals surface area contributed by atoms with E-state index in [-0.39, 0.29) is 5.78 Å². The Labute approximate surface area is 110 Å². The van der Waals surface area contributed by atoms with Gasteiger partial charge in [-0.25, -0.2) is 4.98 Å². The predicted molar refractivity (Wildman–Crippen MR) is 72.9 cm³/mol. The Morgan fingerprint density at radius 3 is 2.72 bits per heavy atom. The van der Waals surface area contributed by atoms with Gasteiger partial charge in [-0.15, -0.1) is 0 Å². The minimum absolute atomic E-state index is 0.0762. The highest BCUT2D eigenvalue weighted by Gasteiger charge is 2.27. The minimum Gasteiger partial charge on any atom is -0.331 e. The second-order valence-corrected chi connectivity index (χ2v) is 5.38. The molecule has 18 heavy (non-hydrogen) atoms. The number of aromatic nitrogens is 2. The molecule has 1 aliphatic carbocycles. The van der Waals surface area contributed by atoms with E-state index in [0.717, 1.165) is 18.2 Å². The normalized spacial score (nSPS) is 24.2. The van der Waals surface area contributed by atoms with E-state index in [1.807, 2.05) is 6.20 Å². The number of carbonyl (C=O) groups excluding carboxylic acids is 1. The number of aryl methyl sites for hydroxylation is 1. The first kappa shape index (κ1) is 13.3. The standard InChI is InChI=1S/C15H24N2O/c1-4-12-8-6-7-9-14(12)17-10-13(11(3)18)16-15(17)5-2/h10,12,14H,4-9H2,1-3H3. The van der Waals surface area contributed by atoms with Gasteiger partial charge < -0.3 is 4.57 Å². The van der Waals surface area contributed by atoms with Crippen LogP contribution in [-0.2, 0) is 6.42 Å². The largest absolute Gasteiger partial charge is 0.331 e. The fourth-order valence-corrected chi connectivity index (χ4v) is 3.18. The van der Waals surface area contributed by atoms with Gasteiger partial charge in [-0.3, -0.25) is 4.79 Å². The van der Waals surface area contributed by atoms with Crippen LogP contribution in [0.15, 0.2) is 6.20 Å². The number of Topliss-reactive ketones (excluding diaryl/α,β-unsaturated/α-hetero) is 1.